The summed E-state index contributed by atoms with van der Waals surface area (Å²) in [4.78, 5) is 11.5. The molecule has 0 fully saturated rings. The molecule has 0 unspecified atom stereocenters. The van der Waals surface area contributed by atoms with Crippen LogP contribution in [0.4, 0.5) is 13.2 Å². The van der Waals surface area contributed by atoms with Gasteiger partial charge in [0, 0.05) is 17.3 Å². The quantitative estimate of drug-likeness (QED) is 0.597. The second-order valence-electron chi connectivity index (χ2n) is 8.13. The summed E-state index contributed by atoms with van der Waals surface area (Å²) in [5.74, 6) is 0.723. The average Bonchev–Trinajstić information content (AvgIpc) is 2.98. The van der Waals surface area contributed by atoms with Gasteiger partial charge in [-0.15, -0.1) is 0 Å². The van der Waals surface area contributed by atoms with Crippen LogP contribution in [0.5, 0.6) is 5.75 Å². The Hall–Kier alpha value is -2.61. The van der Waals surface area contributed by atoms with E-state index >= 15 is 0 Å². The van der Waals surface area contributed by atoms with Crippen molar-refractivity contribution >= 4 is 11.2 Å². The lowest BCUT2D eigenvalue weighted by Crippen LogP contribution is -2.43. The number of benzene rings is 1. The van der Waals surface area contributed by atoms with E-state index in [0.29, 0.717) is 40.5 Å². The summed E-state index contributed by atoms with van der Waals surface area (Å²) >= 11 is 0. The van der Waals surface area contributed by atoms with E-state index in [1.165, 1.54) is 12.3 Å². The minimum absolute atomic E-state index is 0.00709. The second-order valence-corrected chi connectivity index (χ2v) is 8.13. The smallest absolute Gasteiger partial charge is 0.419 e. The Labute approximate surface area is 167 Å². The molecule has 3 aromatic rings. The fourth-order valence-electron chi connectivity index (χ4n) is 3.55. The number of aryl methyl sites for hydroxylation is 1. The van der Waals surface area contributed by atoms with E-state index in [2.05, 4.69) is 15.0 Å². The highest BCUT2D eigenvalue weighted by atomic mass is 19.4. The molecule has 0 bridgehead atoms. The summed E-state index contributed by atoms with van der Waals surface area (Å²) in [5.41, 5.74) is 6.68. The van der Waals surface area contributed by atoms with Gasteiger partial charge in [-0.3, -0.25) is 0 Å². The van der Waals surface area contributed by atoms with Gasteiger partial charge < -0.3 is 15.5 Å². The number of rotatable bonds is 6. The van der Waals surface area contributed by atoms with Gasteiger partial charge in [0.05, 0.1) is 11.1 Å². The number of nitrogens with one attached hydrogen (secondary N) is 1. The van der Waals surface area contributed by atoms with Crippen molar-refractivity contribution in [2.75, 3.05) is 6.61 Å². The van der Waals surface area contributed by atoms with Gasteiger partial charge in [-0.25, -0.2) is 9.97 Å². The van der Waals surface area contributed by atoms with Crippen molar-refractivity contribution in [1.29, 1.82) is 0 Å². The third kappa shape index (κ3) is 4.87. The molecule has 2 heterocycles. The summed E-state index contributed by atoms with van der Waals surface area (Å²) in [6.45, 7) is 7.56. The van der Waals surface area contributed by atoms with Crippen LogP contribution in [-0.4, -0.2) is 27.1 Å². The Morgan fingerprint density at radius 2 is 1.93 bits per heavy atom. The summed E-state index contributed by atoms with van der Waals surface area (Å²) < 4.78 is 46.8. The number of nitrogens with zero attached hydrogens (tertiary/aromatic N) is 2. The SMILES string of the molecule is Cc1nc2nccc(-c3ccc(OC[C@](C)(N)CC(C)C)c(C(F)(F)F)c3)c2[nH]1. The number of aromatic amines is 1. The number of H-pyrrole nitrogens is 1. The molecule has 1 aromatic carbocycles. The molecule has 0 amide bonds. The number of alkyl halides is 3. The molecule has 0 radical (unpaired) electrons. The lowest BCUT2D eigenvalue weighted by Gasteiger charge is -2.27. The van der Waals surface area contributed by atoms with Crippen LogP contribution in [-0.2, 0) is 6.18 Å². The predicted octanol–water partition coefficient (Wildman–Crippen LogP) is 5.09. The maximum absolute atomic E-state index is 13.7. The topological polar surface area (TPSA) is 76.8 Å². The Morgan fingerprint density at radius 3 is 2.59 bits per heavy atom. The largest absolute Gasteiger partial charge is 0.491 e. The number of hydrogen-bond acceptors (Lipinski definition) is 4. The number of pyridine rings is 1. The summed E-state index contributed by atoms with van der Waals surface area (Å²) in [6.07, 6.45) is -2.40. The number of halogens is 3. The average molecular weight is 406 g/mol. The van der Waals surface area contributed by atoms with Crippen LogP contribution in [0.1, 0.15) is 38.6 Å². The molecule has 156 valence electrons. The van der Waals surface area contributed by atoms with E-state index < -0.39 is 17.3 Å². The first-order chi connectivity index (χ1) is 13.5. The van der Waals surface area contributed by atoms with Crippen molar-refractivity contribution in [2.45, 2.75) is 45.8 Å². The summed E-state index contributed by atoms with van der Waals surface area (Å²) in [6, 6.07) is 5.71. The highest BCUT2D eigenvalue weighted by Crippen LogP contribution is 2.40. The van der Waals surface area contributed by atoms with Crippen LogP contribution in [0.2, 0.25) is 0 Å². The standard InChI is InChI=1S/C21H25F3N4O/c1-12(2)10-20(4,25)11-29-17-6-5-14(9-16(17)21(22,23)24)15-7-8-26-19-18(15)27-13(3)28-19/h5-9,12H,10-11,25H2,1-4H3,(H,26,27,28)/t20-/m1/s1. The van der Waals surface area contributed by atoms with Crippen molar-refractivity contribution in [1.82, 2.24) is 15.0 Å². The lowest BCUT2D eigenvalue weighted by molar-refractivity contribution is -0.139. The molecule has 3 rings (SSSR count). The van der Waals surface area contributed by atoms with Crippen molar-refractivity contribution in [2.24, 2.45) is 11.7 Å². The van der Waals surface area contributed by atoms with E-state index in [1.54, 1.807) is 26.0 Å². The van der Waals surface area contributed by atoms with Crippen LogP contribution < -0.4 is 10.5 Å². The number of imidazole rings is 1. The van der Waals surface area contributed by atoms with E-state index in [4.69, 9.17) is 10.5 Å². The van der Waals surface area contributed by atoms with Gasteiger partial charge in [0.15, 0.2) is 5.65 Å². The Bertz CT molecular complexity index is 1010. The molecular weight excluding hydrogens is 381 g/mol. The predicted molar refractivity (Wildman–Crippen MR) is 107 cm³/mol. The van der Waals surface area contributed by atoms with Crippen molar-refractivity contribution < 1.29 is 17.9 Å². The third-order valence-corrected chi connectivity index (χ3v) is 4.54. The highest BCUT2D eigenvalue weighted by Gasteiger charge is 2.35. The molecule has 2 aromatic heterocycles. The molecule has 0 saturated carbocycles. The van der Waals surface area contributed by atoms with Crippen molar-refractivity contribution in [3.63, 3.8) is 0 Å². The van der Waals surface area contributed by atoms with Gasteiger partial charge in [0.1, 0.15) is 18.2 Å². The number of fused-ring (bicyclic) bond motifs is 1. The van der Waals surface area contributed by atoms with Crippen LogP contribution in [0.25, 0.3) is 22.3 Å². The normalized spacial score (nSPS) is 14.4. The lowest BCUT2D eigenvalue weighted by atomic mass is 9.93. The van der Waals surface area contributed by atoms with E-state index in [9.17, 15) is 13.2 Å². The Balaban J connectivity index is 1.98. The second kappa shape index (κ2) is 7.67. The van der Waals surface area contributed by atoms with Crippen LogP contribution in [0.3, 0.4) is 0 Å². The number of hydrogen-bond donors (Lipinski definition) is 2. The van der Waals surface area contributed by atoms with Gasteiger partial charge in [-0.2, -0.15) is 13.2 Å². The zero-order valence-corrected chi connectivity index (χ0v) is 16.9. The zero-order valence-electron chi connectivity index (χ0n) is 16.9. The first-order valence-electron chi connectivity index (χ1n) is 9.41. The molecule has 0 spiro atoms. The maximum atomic E-state index is 13.7. The third-order valence-electron chi connectivity index (χ3n) is 4.54. The molecular formula is C21H25F3N4O. The van der Waals surface area contributed by atoms with E-state index in [1.807, 2.05) is 13.8 Å². The van der Waals surface area contributed by atoms with Gasteiger partial charge in [0.2, 0.25) is 0 Å². The molecule has 0 saturated heterocycles. The summed E-state index contributed by atoms with van der Waals surface area (Å²) in [7, 11) is 0. The van der Waals surface area contributed by atoms with E-state index in [-0.39, 0.29) is 12.4 Å². The molecule has 1 atom stereocenters. The Kier molecular flexibility index (Phi) is 5.58. The van der Waals surface area contributed by atoms with Gasteiger partial charge in [-0.1, -0.05) is 19.9 Å². The first-order valence-corrected chi connectivity index (χ1v) is 9.41. The number of nitrogens with two attached hydrogens (primary N) is 1. The monoisotopic (exact) mass is 406 g/mol. The van der Waals surface area contributed by atoms with Crippen LogP contribution in [0.15, 0.2) is 30.5 Å². The fourth-order valence-corrected chi connectivity index (χ4v) is 3.55. The van der Waals surface area contributed by atoms with Gasteiger partial charge in [0.25, 0.3) is 0 Å². The number of aromatic nitrogens is 3. The van der Waals surface area contributed by atoms with Crippen LogP contribution >= 0.6 is 0 Å². The molecule has 3 N–H and O–H groups in total. The minimum Gasteiger partial charge on any atom is -0.491 e. The fraction of sp³-hybridized carbons (Fsp3) is 0.429. The number of ether oxygens (including phenoxy) is 1. The Morgan fingerprint density at radius 1 is 1.21 bits per heavy atom. The van der Waals surface area contributed by atoms with Crippen molar-refractivity contribution in [3.05, 3.63) is 41.9 Å². The van der Waals surface area contributed by atoms with Crippen LogP contribution in [0, 0.1) is 12.8 Å². The zero-order chi connectivity index (χ0) is 21.4. The molecule has 5 nitrogen and oxygen atoms in total. The first kappa shape index (κ1) is 21.1. The molecule has 0 aliphatic carbocycles. The summed E-state index contributed by atoms with van der Waals surface area (Å²) in [5, 5.41) is 0. The molecule has 0 aliphatic heterocycles. The van der Waals surface area contributed by atoms with Gasteiger partial charge >= 0.3 is 6.18 Å². The van der Waals surface area contributed by atoms with Gasteiger partial charge in [-0.05, 0) is 49.9 Å². The van der Waals surface area contributed by atoms with E-state index in [0.717, 1.165) is 6.07 Å². The maximum Gasteiger partial charge on any atom is 0.419 e. The minimum atomic E-state index is -4.57. The molecule has 8 heteroatoms. The molecule has 0 aliphatic rings. The van der Waals surface area contributed by atoms with Crippen molar-refractivity contribution in [3.8, 4) is 16.9 Å². The highest BCUT2D eigenvalue weighted by molar-refractivity contribution is 5.90. The molecule has 29 heavy (non-hydrogen) atoms.